The van der Waals surface area contributed by atoms with Gasteiger partial charge >= 0.3 is 0 Å². The minimum Gasteiger partial charge on any atom is -0.475 e. The molecular formula is C16H23N3O4. The lowest BCUT2D eigenvalue weighted by Gasteiger charge is -2.36. The lowest BCUT2D eigenvalue weighted by atomic mass is 9.89. The number of nitrogens with zero attached hydrogens (tertiary/aromatic N) is 2. The molecule has 7 nitrogen and oxygen atoms in total. The summed E-state index contributed by atoms with van der Waals surface area (Å²) in [4.78, 5) is 18.5. The molecule has 2 N–H and O–H groups in total. The van der Waals surface area contributed by atoms with Gasteiger partial charge in [0, 0.05) is 18.7 Å². The van der Waals surface area contributed by atoms with E-state index in [1.54, 1.807) is 6.08 Å². The van der Waals surface area contributed by atoms with E-state index >= 15 is 0 Å². The third-order valence-electron chi connectivity index (χ3n) is 4.38. The van der Waals surface area contributed by atoms with Crippen molar-refractivity contribution in [3.05, 3.63) is 23.5 Å². The summed E-state index contributed by atoms with van der Waals surface area (Å²) in [5, 5.41) is 12.3. The number of fused-ring (bicyclic) bond motifs is 1. The van der Waals surface area contributed by atoms with Crippen LogP contribution in [-0.2, 0) is 14.3 Å². The highest BCUT2D eigenvalue weighted by atomic mass is 16.5. The van der Waals surface area contributed by atoms with Crippen molar-refractivity contribution >= 4 is 12.2 Å². The molecule has 0 aromatic carbocycles. The third-order valence-corrected chi connectivity index (χ3v) is 4.38. The Bertz CT molecular complexity index is 537. The van der Waals surface area contributed by atoms with E-state index in [-0.39, 0.29) is 30.7 Å². The summed E-state index contributed by atoms with van der Waals surface area (Å²) in [7, 11) is 0. The van der Waals surface area contributed by atoms with Crippen LogP contribution in [0.1, 0.15) is 13.3 Å². The summed E-state index contributed by atoms with van der Waals surface area (Å²) in [6.45, 7) is 4.96. The van der Waals surface area contributed by atoms with Gasteiger partial charge in [-0.15, -0.1) is 0 Å². The molecule has 3 aliphatic rings. The van der Waals surface area contributed by atoms with Crippen LogP contribution >= 0.6 is 0 Å². The molecule has 0 spiro atoms. The maximum atomic E-state index is 12.0. The number of morpholine rings is 1. The molecule has 0 radical (unpaired) electrons. The Morgan fingerprint density at radius 2 is 2.26 bits per heavy atom. The summed E-state index contributed by atoms with van der Waals surface area (Å²) in [5.41, 5.74) is 0.685. The molecule has 3 rings (SSSR count). The highest BCUT2D eigenvalue weighted by Crippen LogP contribution is 2.29. The molecular weight excluding hydrogens is 298 g/mol. The van der Waals surface area contributed by atoms with Crippen molar-refractivity contribution in [3.63, 3.8) is 0 Å². The number of hydrogen-bond donors (Lipinski definition) is 2. The predicted molar refractivity (Wildman–Crippen MR) is 84.7 cm³/mol. The molecule has 23 heavy (non-hydrogen) atoms. The van der Waals surface area contributed by atoms with Crippen molar-refractivity contribution in [1.82, 2.24) is 10.2 Å². The maximum absolute atomic E-state index is 12.0. The first-order chi connectivity index (χ1) is 11.2. The highest BCUT2D eigenvalue weighted by Gasteiger charge is 2.33. The van der Waals surface area contributed by atoms with Crippen molar-refractivity contribution in [2.75, 3.05) is 32.9 Å². The molecule has 1 amide bonds. The average molecular weight is 321 g/mol. The fourth-order valence-corrected chi connectivity index (χ4v) is 3.08. The second-order valence-corrected chi connectivity index (χ2v) is 5.81. The number of rotatable bonds is 5. The number of aliphatic hydroxyl groups excluding tert-OH is 1. The van der Waals surface area contributed by atoms with Crippen LogP contribution in [0.25, 0.3) is 0 Å². The molecule has 3 unspecified atom stereocenters. The standard InChI is InChI=1S/C16H23N3O4/c1-2-15(19-3-5-22-6-4-19)23-14-8-12-13(7-11(14)9-20)17-10-18-16(12)21/h7-8,10,12-13,15,20H,2-6,9H2,1H3,(H,17,18,21). The molecule has 0 aromatic rings. The Balaban J connectivity index is 1.77. The quantitative estimate of drug-likeness (QED) is 0.746. The van der Waals surface area contributed by atoms with Crippen LogP contribution in [0.4, 0.5) is 0 Å². The summed E-state index contributed by atoms with van der Waals surface area (Å²) in [6, 6.07) is -0.262. The van der Waals surface area contributed by atoms with Gasteiger partial charge in [-0.05, 0) is 18.6 Å². The lowest BCUT2D eigenvalue weighted by Crippen LogP contribution is -2.45. The van der Waals surface area contributed by atoms with Crippen LogP contribution in [-0.4, -0.2) is 67.4 Å². The highest BCUT2D eigenvalue weighted by molar-refractivity contribution is 5.93. The monoisotopic (exact) mass is 321 g/mol. The zero-order valence-electron chi connectivity index (χ0n) is 13.3. The molecule has 1 saturated heterocycles. The van der Waals surface area contributed by atoms with Gasteiger partial charge in [-0.1, -0.05) is 6.92 Å². The zero-order chi connectivity index (χ0) is 16.2. The lowest BCUT2D eigenvalue weighted by molar-refractivity contribution is -0.123. The summed E-state index contributed by atoms with van der Waals surface area (Å²) in [6.07, 6.45) is 5.74. The molecule has 0 bridgehead atoms. The van der Waals surface area contributed by atoms with E-state index in [9.17, 15) is 9.90 Å². The molecule has 126 valence electrons. The number of ether oxygens (including phenoxy) is 2. The van der Waals surface area contributed by atoms with Gasteiger partial charge in [-0.2, -0.15) is 0 Å². The van der Waals surface area contributed by atoms with Gasteiger partial charge in [0.1, 0.15) is 5.76 Å². The predicted octanol–water partition coefficient (Wildman–Crippen LogP) is 0.0304. The summed E-state index contributed by atoms with van der Waals surface area (Å²) < 4.78 is 11.5. The fourth-order valence-electron chi connectivity index (χ4n) is 3.08. The van der Waals surface area contributed by atoms with Crippen LogP contribution in [0.2, 0.25) is 0 Å². The maximum Gasteiger partial charge on any atom is 0.234 e. The molecule has 0 saturated carbocycles. The van der Waals surface area contributed by atoms with Crippen molar-refractivity contribution in [2.24, 2.45) is 10.9 Å². The van der Waals surface area contributed by atoms with E-state index in [0.29, 0.717) is 24.5 Å². The number of nitrogens with one attached hydrogen (secondary N) is 1. The van der Waals surface area contributed by atoms with Gasteiger partial charge in [0.15, 0.2) is 6.23 Å². The molecule has 1 aliphatic carbocycles. The van der Waals surface area contributed by atoms with Crippen molar-refractivity contribution in [1.29, 1.82) is 0 Å². The first-order valence-corrected chi connectivity index (χ1v) is 8.07. The topological polar surface area (TPSA) is 83.4 Å². The van der Waals surface area contributed by atoms with E-state index in [1.807, 2.05) is 6.08 Å². The number of aliphatic imine (C=N–C) groups is 1. The Kier molecular flexibility index (Phi) is 5.09. The van der Waals surface area contributed by atoms with Gasteiger partial charge in [0.05, 0.1) is 38.1 Å². The molecule has 1 fully saturated rings. The van der Waals surface area contributed by atoms with E-state index in [2.05, 4.69) is 22.1 Å². The smallest absolute Gasteiger partial charge is 0.234 e. The van der Waals surface area contributed by atoms with Crippen molar-refractivity contribution in [3.8, 4) is 0 Å². The summed E-state index contributed by atoms with van der Waals surface area (Å²) in [5.74, 6) is 0.102. The first-order valence-electron chi connectivity index (χ1n) is 8.07. The third kappa shape index (κ3) is 3.46. The van der Waals surface area contributed by atoms with Crippen molar-refractivity contribution < 1.29 is 19.4 Å². The summed E-state index contributed by atoms with van der Waals surface area (Å²) >= 11 is 0. The molecule has 7 heteroatoms. The number of aliphatic hydroxyl groups is 1. The Hall–Kier alpha value is -1.70. The number of carbonyl (C=O) groups is 1. The molecule has 3 atom stereocenters. The molecule has 2 aliphatic heterocycles. The SMILES string of the molecule is CCC(OC1=CC2C(=O)NC=NC2C=C1CO)N1CCOCC1. The van der Waals surface area contributed by atoms with Crippen LogP contribution in [0.3, 0.4) is 0 Å². The average Bonchev–Trinajstić information content (AvgIpc) is 2.60. The van der Waals surface area contributed by atoms with Crippen LogP contribution in [0.15, 0.2) is 28.5 Å². The molecule has 0 aromatic heterocycles. The zero-order valence-corrected chi connectivity index (χ0v) is 13.3. The second-order valence-electron chi connectivity index (χ2n) is 5.81. The largest absolute Gasteiger partial charge is 0.475 e. The number of hydrogen-bond acceptors (Lipinski definition) is 6. The Labute approximate surface area is 135 Å². The normalized spacial score (nSPS) is 29.2. The Morgan fingerprint density at radius 3 is 2.96 bits per heavy atom. The number of carbonyl (C=O) groups excluding carboxylic acids is 1. The molecule has 2 heterocycles. The minimum atomic E-state index is -0.382. The van der Waals surface area contributed by atoms with E-state index in [4.69, 9.17) is 9.47 Å². The van der Waals surface area contributed by atoms with E-state index in [1.165, 1.54) is 6.34 Å². The van der Waals surface area contributed by atoms with Gasteiger partial charge < -0.3 is 19.9 Å². The fraction of sp³-hybridized carbons (Fsp3) is 0.625. The van der Waals surface area contributed by atoms with Crippen LogP contribution in [0, 0.1) is 5.92 Å². The van der Waals surface area contributed by atoms with Crippen molar-refractivity contribution in [2.45, 2.75) is 25.6 Å². The Morgan fingerprint density at radius 1 is 1.48 bits per heavy atom. The van der Waals surface area contributed by atoms with Gasteiger partial charge in [0.2, 0.25) is 5.91 Å². The van der Waals surface area contributed by atoms with Gasteiger partial charge in [-0.3, -0.25) is 14.7 Å². The minimum absolute atomic E-state index is 0.0909. The van der Waals surface area contributed by atoms with Crippen LogP contribution < -0.4 is 5.32 Å². The van der Waals surface area contributed by atoms with Gasteiger partial charge in [-0.25, -0.2) is 0 Å². The van der Waals surface area contributed by atoms with Crippen LogP contribution in [0.5, 0.6) is 0 Å². The van der Waals surface area contributed by atoms with E-state index < -0.39 is 0 Å². The van der Waals surface area contributed by atoms with E-state index in [0.717, 1.165) is 19.5 Å². The first kappa shape index (κ1) is 16.2. The number of amides is 1. The second kappa shape index (κ2) is 7.25. The van der Waals surface area contributed by atoms with Gasteiger partial charge in [0.25, 0.3) is 0 Å².